The predicted molar refractivity (Wildman–Crippen MR) is 103 cm³/mol. The summed E-state index contributed by atoms with van der Waals surface area (Å²) in [6.45, 7) is 2.28. The summed E-state index contributed by atoms with van der Waals surface area (Å²) in [6, 6.07) is 7.73. The molecule has 7 nitrogen and oxygen atoms in total. The molecule has 28 heavy (non-hydrogen) atoms. The monoisotopic (exact) mass is 378 g/mol. The Bertz CT molecular complexity index is 898. The van der Waals surface area contributed by atoms with Crippen LogP contribution in [-0.2, 0) is 4.79 Å². The number of aliphatic hydroxyl groups is 1. The summed E-state index contributed by atoms with van der Waals surface area (Å²) in [4.78, 5) is 36.6. The standard InChI is InChI=1S/C21H22N4O3/c1-2-3-14-4-6-15(7-5-14)20-17-11-24(12-19(27)25(17)18(20)13-26)21(28)16-10-22-8-9-23-16/h2-10,17-18,20,26H,11-13H2,1H3/b3-2+/t17-,18-,20+/m0/s1. The maximum Gasteiger partial charge on any atom is 0.274 e. The van der Waals surface area contributed by atoms with E-state index in [0.717, 1.165) is 11.1 Å². The second-order valence-electron chi connectivity index (χ2n) is 7.09. The number of amides is 2. The number of rotatable bonds is 4. The number of nitrogens with zero attached hydrogens (tertiary/aromatic N) is 4. The van der Waals surface area contributed by atoms with E-state index in [4.69, 9.17) is 0 Å². The van der Waals surface area contributed by atoms with Gasteiger partial charge in [-0.05, 0) is 18.1 Å². The fourth-order valence-electron chi connectivity index (χ4n) is 4.25. The highest BCUT2D eigenvalue weighted by molar-refractivity contribution is 5.96. The van der Waals surface area contributed by atoms with Gasteiger partial charge in [-0.1, -0.05) is 36.4 Å². The van der Waals surface area contributed by atoms with Crippen LogP contribution < -0.4 is 0 Å². The molecule has 2 amide bonds. The van der Waals surface area contributed by atoms with Crippen molar-refractivity contribution in [3.63, 3.8) is 0 Å². The molecular formula is C21H22N4O3. The fourth-order valence-corrected chi connectivity index (χ4v) is 4.25. The number of carbonyl (C=O) groups is 2. The van der Waals surface area contributed by atoms with Crippen LogP contribution in [0.1, 0.15) is 34.5 Å². The average molecular weight is 378 g/mol. The highest BCUT2D eigenvalue weighted by Gasteiger charge is 2.54. The summed E-state index contributed by atoms with van der Waals surface area (Å²) in [5.41, 5.74) is 2.39. The first-order valence-electron chi connectivity index (χ1n) is 9.34. The number of fused-ring (bicyclic) bond motifs is 1. The zero-order valence-corrected chi connectivity index (χ0v) is 15.6. The van der Waals surface area contributed by atoms with Gasteiger partial charge in [-0.25, -0.2) is 4.98 Å². The Morgan fingerprint density at radius 3 is 2.71 bits per heavy atom. The maximum atomic E-state index is 12.7. The summed E-state index contributed by atoms with van der Waals surface area (Å²) in [6.07, 6.45) is 8.38. The summed E-state index contributed by atoms with van der Waals surface area (Å²) in [5.74, 6) is -0.448. The molecule has 1 N–H and O–H groups in total. The van der Waals surface area contributed by atoms with Crippen molar-refractivity contribution in [1.82, 2.24) is 19.8 Å². The fraction of sp³-hybridized carbons (Fsp3) is 0.333. The summed E-state index contributed by atoms with van der Waals surface area (Å²) >= 11 is 0. The van der Waals surface area contributed by atoms with Crippen molar-refractivity contribution in [2.24, 2.45) is 0 Å². The Morgan fingerprint density at radius 1 is 1.29 bits per heavy atom. The Hall–Kier alpha value is -3.06. The van der Waals surface area contributed by atoms with Crippen LogP contribution in [0.25, 0.3) is 6.08 Å². The van der Waals surface area contributed by atoms with Crippen LogP contribution >= 0.6 is 0 Å². The molecule has 7 heteroatoms. The molecule has 2 aliphatic rings. The number of hydrogen-bond acceptors (Lipinski definition) is 5. The molecule has 0 aliphatic carbocycles. The van der Waals surface area contributed by atoms with Crippen LogP contribution in [-0.4, -0.2) is 68.5 Å². The lowest BCUT2D eigenvalue weighted by Crippen LogP contribution is -2.73. The van der Waals surface area contributed by atoms with Gasteiger partial charge in [0.15, 0.2) is 0 Å². The van der Waals surface area contributed by atoms with E-state index in [2.05, 4.69) is 9.97 Å². The van der Waals surface area contributed by atoms with E-state index in [1.165, 1.54) is 23.5 Å². The second-order valence-corrected chi connectivity index (χ2v) is 7.09. The normalized spacial score (nSPS) is 24.2. The number of aliphatic hydroxyl groups excluding tert-OH is 1. The molecule has 2 saturated heterocycles. The first-order valence-corrected chi connectivity index (χ1v) is 9.34. The van der Waals surface area contributed by atoms with Gasteiger partial charge in [0.05, 0.1) is 24.9 Å². The van der Waals surface area contributed by atoms with Gasteiger partial charge >= 0.3 is 0 Å². The van der Waals surface area contributed by atoms with Crippen LogP contribution in [0.3, 0.4) is 0 Å². The van der Waals surface area contributed by atoms with Gasteiger partial charge in [0, 0.05) is 24.9 Å². The third-order valence-corrected chi connectivity index (χ3v) is 5.50. The Morgan fingerprint density at radius 2 is 2.07 bits per heavy atom. The van der Waals surface area contributed by atoms with E-state index in [-0.39, 0.29) is 48.7 Å². The second kappa shape index (κ2) is 7.52. The number of piperazine rings is 1. The minimum Gasteiger partial charge on any atom is -0.394 e. The van der Waals surface area contributed by atoms with E-state index in [1.54, 1.807) is 4.90 Å². The maximum absolute atomic E-state index is 12.7. The van der Waals surface area contributed by atoms with Crippen molar-refractivity contribution in [3.8, 4) is 0 Å². The van der Waals surface area contributed by atoms with Crippen molar-refractivity contribution in [2.75, 3.05) is 19.7 Å². The highest BCUT2D eigenvalue weighted by atomic mass is 16.3. The lowest BCUT2D eigenvalue weighted by molar-refractivity contribution is -0.159. The molecule has 0 unspecified atom stereocenters. The zero-order valence-electron chi connectivity index (χ0n) is 15.6. The van der Waals surface area contributed by atoms with Gasteiger partial charge in [0.1, 0.15) is 12.2 Å². The lowest BCUT2D eigenvalue weighted by Gasteiger charge is -2.58. The molecule has 2 aromatic rings. The lowest BCUT2D eigenvalue weighted by atomic mass is 9.73. The number of carbonyl (C=O) groups excluding carboxylic acids is 2. The van der Waals surface area contributed by atoms with Crippen molar-refractivity contribution >= 4 is 17.9 Å². The molecule has 4 rings (SSSR count). The number of allylic oxidation sites excluding steroid dienone is 1. The minimum absolute atomic E-state index is 0.00460. The third-order valence-electron chi connectivity index (χ3n) is 5.50. The summed E-state index contributed by atoms with van der Waals surface area (Å²) in [7, 11) is 0. The topological polar surface area (TPSA) is 86.6 Å². The van der Waals surface area contributed by atoms with Gasteiger partial charge in [-0.2, -0.15) is 0 Å². The van der Waals surface area contributed by atoms with E-state index in [0.29, 0.717) is 6.54 Å². The molecule has 2 fully saturated rings. The predicted octanol–water partition coefficient (Wildman–Crippen LogP) is 1.32. The first kappa shape index (κ1) is 18.3. The molecule has 0 saturated carbocycles. The smallest absolute Gasteiger partial charge is 0.274 e. The molecule has 144 valence electrons. The highest BCUT2D eigenvalue weighted by Crippen LogP contribution is 2.43. The summed E-state index contributed by atoms with van der Waals surface area (Å²) in [5, 5.41) is 9.86. The van der Waals surface area contributed by atoms with Crippen LogP contribution in [0.4, 0.5) is 0 Å². The van der Waals surface area contributed by atoms with Crippen molar-refractivity contribution in [1.29, 1.82) is 0 Å². The van der Waals surface area contributed by atoms with E-state index >= 15 is 0 Å². The molecule has 3 heterocycles. The quantitative estimate of drug-likeness (QED) is 0.867. The molecule has 3 atom stereocenters. The van der Waals surface area contributed by atoms with Crippen LogP contribution in [0.15, 0.2) is 48.9 Å². The van der Waals surface area contributed by atoms with E-state index in [1.807, 2.05) is 43.3 Å². The van der Waals surface area contributed by atoms with Crippen LogP contribution in [0.5, 0.6) is 0 Å². The SMILES string of the molecule is C/C=C/c1ccc([C@H]2[C@H](CO)N3C(=O)CN(C(=O)c4cnccn4)C[C@@H]23)cc1. The molecular weight excluding hydrogens is 356 g/mol. The van der Waals surface area contributed by atoms with Crippen LogP contribution in [0, 0.1) is 0 Å². The van der Waals surface area contributed by atoms with Gasteiger partial charge in [-0.15, -0.1) is 0 Å². The third kappa shape index (κ3) is 3.07. The van der Waals surface area contributed by atoms with Gasteiger partial charge < -0.3 is 14.9 Å². The minimum atomic E-state index is -0.296. The Kier molecular flexibility index (Phi) is 4.92. The molecule has 1 aromatic heterocycles. The van der Waals surface area contributed by atoms with Gasteiger partial charge in [-0.3, -0.25) is 14.6 Å². The number of benzene rings is 1. The molecule has 0 bridgehead atoms. The average Bonchev–Trinajstić information content (AvgIpc) is 2.71. The first-order chi connectivity index (χ1) is 13.6. The van der Waals surface area contributed by atoms with Crippen molar-refractivity contribution in [2.45, 2.75) is 24.9 Å². The zero-order chi connectivity index (χ0) is 19.7. The molecule has 0 spiro atoms. The molecule has 2 aliphatic heterocycles. The molecule has 0 radical (unpaired) electrons. The van der Waals surface area contributed by atoms with Crippen LogP contribution in [0.2, 0.25) is 0 Å². The van der Waals surface area contributed by atoms with E-state index in [9.17, 15) is 14.7 Å². The number of aromatic nitrogens is 2. The Balaban J connectivity index is 1.58. The molecule has 1 aromatic carbocycles. The van der Waals surface area contributed by atoms with Crippen molar-refractivity contribution < 1.29 is 14.7 Å². The Labute approximate surface area is 163 Å². The van der Waals surface area contributed by atoms with Gasteiger partial charge in [0.2, 0.25) is 5.91 Å². The number of hydrogen-bond donors (Lipinski definition) is 1. The van der Waals surface area contributed by atoms with E-state index < -0.39 is 0 Å². The van der Waals surface area contributed by atoms with Crippen molar-refractivity contribution in [3.05, 3.63) is 65.8 Å². The summed E-state index contributed by atoms with van der Waals surface area (Å²) < 4.78 is 0. The van der Waals surface area contributed by atoms with Gasteiger partial charge in [0.25, 0.3) is 5.91 Å². The largest absolute Gasteiger partial charge is 0.394 e.